The van der Waals surface area contributed by atoms with E-state index in [-0.39, 0.29) is 28.6 Å². The van der Waals surface area contributed by atoms with E-state index in [0.717, 1.165) is 10.4 Å². The van der Waals surface area contributed by atoms with Crippen molar-refractivity contribution in [2.75, 3.05) is 13.1 Å². The molecule has 0 heterocycles. The number of halogens is 1. The second kappa shape index (κ2) is 6.06. The summed E-state index contributed by atoms with van der Waals surface area (Å²) in [6, 6.07) is 3.50. The molecule has 0 saturated carbocycles. The monoisotopic (exact) mass is 301 g/mol. The summed E-state index contributed by atoms with van der Waals surface area (Å²) in [5.74, 6) is 1.01. The quantitative estimate of drug-likeness (QED) is 0.840. The van der Waals surface area contributed by atoms with E-state index < -0.39 is 16.0 Å². The van der Waals surface area contributed by atoms with Gasteiger partial charge in [-0.15, -0.1) is 6.42 Å². The number of hydrogen-bond acceptors (Lipinski definition) is 3. The standard InChI is InChI=1S/C12H12ClNO4S/c1-3-7-14(4-2)19(17,18)11-8-9(12(15)16)5-6-10(11)13/h1,5-6,8H,4,7H2,2H3,(H,15,16). The van der Waals surface area contributed by atoms with Crippen molar-refractivity contribution < 1.29 is 18.3 Å². The molecule has 0 aliphatic rings. The molecule has 1 rings (SSSR count). The van der Waals surface area contributed by atoms with Crippen LogP contribution in [-0.2, 0) is 10.0 Å². The molecule has 102 valence electrons. The van der Waals surface area contributed by atoms with E-state index in [1.54, 1.807) is 6.92 Å². The van der Waals surface area contributed by atoms with E-state index in [0.29, 0.717) is 0 Å². The summed E-state index contributed by atoms with van der Waals surface area (Å²) in [4.78, 5) is 10.6. The molecule has 1 aromatic carbocycles. The second-order valence-corrected chi connectivity index (χ2v) is 5.90. The Hall–Kier alpha value is -1.55. The van der Waals surface area contributed by atoms with Gasteiger partial charge in [0.2, 0.25) is 10.0 Å². The van der Waals surface area contributed by atoms with Crippen molar-refractivity contribution in [2.45, 2.75) is 11.8 Å². The molecule has 5 nitrogen and oxygen atoms in total. The summed E-state index contributed by atoms with van der Waals surface area (Å²) in [7, 11) is -3.90. The van der Waals surface area contributed by atoms with E-state index in [1.165, 1.54) is 12.1 Å². The van der Waals surface area contributed by atoms with Gasteiger partial charge in [0.15, 0.2) is 0 Å². The van der Waals surface area contributed by atoms with Crippen LogP contribution in [0, 0.1) is 12.3 Å². The zero-order chi connectivity index (χ0) is 14.6. The van der Waals surface area contributed by atoms with Crippen LogP contribution in [0.25, 0.3) is 0 Å². The summed E-state index contributed by atoms with van der Waals surface area (Å²) in [6.07, 6.45) is 5.11. The van der Waals surface area contributed by atoms with Crippen LogP contribution >= 0.6 is 11.6 Å². The fourth-order valence-electron chi connectivity index (χ4n) is 1.44. The molecule has 0 spiro atoms. The minimum atomic E-state index is -3.90. The van der Waals surface area contributed by atoms with Gasteiger partial charge in [0.05, 0.1) is 17.1 Å². The van der Waals surface area contributed by atoms with Crippen LogP contribution in [-0.4, -0.2) is 36.9 Å². The Balaban J connectivity index is 3.39. The van der Waals surface area contributed by atoms with Crippen molar-refractivity contribution in [3.8, 4) is 12.3 Å². The van der Waals surface area contributed by atoms with Crippen LogP contribution in [0.4, 0.5) is 0 Å². The Kier molecular flexibility index (Phi) is 4.95. The van der Waals surface area contributed by atoms with Gasteiger partial charge in [-0.2, -0.15) is 4.31 Å². The molecule has 1 N–H and O–H groups in total. The summed E-state index contributed by atoms with van der Waals surface area (Å²) in [6.45, 7) is 1.69. The Bertz CT molecular complexity index is 634. The third-order valence-electron chi connectivity index (χ3n) is 2.42. The van der Waals surface area contributed by atoms with Gasteiger partial charge in [0.1, 0.15) is 4.90 Å². The van der Waals surface area contributed by atoms with E-state index in [2.05, 4.69) is 5.92 Å². The maximum atomic E-state index is 12.3. The average molecular weight is 302 g/mol. The van der Waals surface area contributed by atoms with Gasteiger partial charge in [-0.3, -0.25) is 0 Å². The van der Waals surface area contributed by atoms with E-state index in [4.69, 9.17) is 23.1 Å². The minimum Gasteiger partial charge on any atom is -0.478 e. The van der Waals surface area contributed by atoms with Gasteiger partial charge in [-0.05, 0) is 18.2 Å². The lowest BCUT2D eigenvalue weighted by molar-refractivity contribution is 0.0696. The van der Waals surface area contributed by atoms with Crippen molar-refractivity contribution in [2.24, 2.45) is 0 Å². The lowest BCUT2D eigenvalue weighted by Gasteiger charge is -2.18. The van der Waals surface area contributed by atoms with Crippen molar-refractivity contribution >= 4 is 27.6 Å². The van der Waals surface area contributed by atoms with Gasteiger partial charge in [-0.1, -0.05) is 24.4 Å². The van der Waals surface area contributed by atoms with Gasteiger partial charge in [0, 0.05) is 6.54 Å². The van der Waals surface area contributed by atoms with E-state index >= 15 is 0 Å². The molecule has 0 aliphatic heterocycles. The number of carboxylic acids is 1. The van der Waals surface area contributed by atoms with Crippen LogP contribution in [0.15, 0.2) is 23.1 Å². The molecule has 0 bridgehead atoms. The number of rotatable bonds is 5. The van der Waals surface area contributed by atoms with Crippen molar-refractivity contribution in [1.82, 2.24) is 4.31 Å². The Morgan fingerprint density at radius 2 is 2.16 bits per heavy atom. The van der Waals surface area contributed by atoms with Crippen LogP contribution in [0.2, 0.25) is 5.02 Å². The molecule has 0 radical (unpaired) electrons. The lowest BCUT2D eigenvalue weighted by atomic mass is 10.2. The Morgan fingerprint density at radius 3 is 2.63 bits per heavy atom. The van der Waals surface area contributed by atoms with Crippen molar-refractivity contribution in [1.29, 1.82) is 0 Å². The number of carbonyl (C=O) groups is 1. The predicted molar refractivity (Wildman–Crippen MR) is 71.7 cm³/mol. The zero-order valence-corrected chi connectivity index (χ0v) is 11.7. The molecule has 0 aromatic heterocycles. The fourth-order valence-corrected chi connectivity index (χ4v) is 3.30. The third kappa shape index (κ3) is 3.26. The molecular formula is C12H12ClNO4S. The van der Waals surface area contributed by atoms with Gasteiger partial charge < -0.3 is 5.11 Å². The van der Waals surface area contributed by atoms with Crippen LogP contribution in [0.5, 0.6) is 0 Å². The molecule has 0 atom stereocenters. The topological polar surface area (TPSA) is 74.7 Å². The average Bonchev–Trinajstić information content (AvgIpc) is 2.35. The van der Waals surface area contributed by atoms with Gasteiger partial charge in [0.25, 0.3) is 0 Å². The molecule has 0 unspecified atom stereocenters. The van der Waals surface area contributed by atoms with Crippen LogP contribution in [0.1, 0.15) is 17.3 Å². The number of terminal acetylenes is 1. The van der Waals surface area contributed by atoms with Crippen LogP contribution < -0.4 is 0 Å². The minimum absolute atomic E-state index is 0.0412. The summed E-state index contributed by atoms with van der Waals surface area (Å²) < 4.78 is 25.6. The number of hydrogen-bond donors (Lipinski definition) is 1. The number of benzene rings is 1. The van der Waals surface area contributed by atoms with Crippen molar-refractivity contribution in [3.05, 3.63) is 28.8 Å². The molecule has 0 amide bonds. The molecule has 19 heavy (non-hydrogen) atoms. The highest BCUT2D eigenvalue weighted by Crippen LogP contribution is 2.25. The third-order valence-corrected chi connectivity index (χ3v) is 4.82. The SMILES string of the molecule is C#CCN(CC)S(=O)(=O)c1cc(C(=O)O)ccc1Cl. The summed E-state index contributed by atoms with van der Waals surface area (Å²) >= 11 is 5.84. The number of aromatic carboxylic acids is 1. The summed E-state index contributed by atoms with van der Waals surface area (Å²) in [5, 5.41) is 8.84. The molecule has 0 saturated heterocycles. The van der Waals surface area contributed by atoms with E-state index in [9.17, 15) is 13.2 Å². The first kappa shape index (κ1) is 15.5. The number of carboxylic acid groups (broad SMARTS) is 1. The van der Waals surface area contributed by atoms with Crippen molar-refractivity contribution in [3.63, 3.8) is 0 Å². The molecular weight excluding hydrogens is 290 g/mol. The second-order valence-electron chi connectivity index (χ2n) is 3.59. The Labute approximate surface area is 116 Å². The Morgan fingerprint density at radius 1 is 1.53 bits per heavy atom. The normalized spacial score (nSPS) is 11.3. The fraction of sp³-hybridized carbons (Fsp3) is 0.250. The predicted octanol–water partition coefficient (Wildman–Crippen LogP) is 1.68. The molecule has 0 fully saturated rings. The van der Waals surface area contributed by atoms with Gasteiger partial charge >= 0.3 is 5.97 Å². The summed E-state index contributed by atoms with van der Waals surface area (Å²) in [5.41, 5.74) is -0.153. The first-order chi connectivity index (χ1) is 8.84. The lowest BCUT2D eigenvalue weighted by Crippen LogP contribution is -2.31. The first-order valence-electron chi connectivity index (χ1n) is 5.31. The maximum Gasteiger partial charge on any atom is 0.335 e. The number of sulfonamides is 1. The van der Waals surface area contributed by atoms with E-state index in [1.807, 2.05) is 0 Å². The first-order valence-corrected chi connectivity index (χ1v) is 7.12. The number of nitrogens with zero attached hydrogens (tertiary/aromatic N) is 1. The highest BCUT2D eigenvalue weighted by atomic mass is 35.5. The smallest absolute Gasteiger partial charge is 0.335 e. The van der Waals surface area contributed by atoms with Gasteiger partial charge in [-0.25, -0.2) is 13.2 Å². The maximum absolute atomic E-state index is 12.3. The highest BCUT2D eigenvalue weighted by Gasteiger charge is 2.26. The van der Waals surface area contributed by atoms with Crippen LogP contribution in [0.3, 0.4) is 0 Å². The molecule has 0 aliphatic carbocycles. The molecule has 1 aromatic rings. The molecule has 7 heteroatoms. The zero-order valence-electron chi connectivity index (χ0n) is 10.1. The largest absolute Gasteiger partial charge is 0.478 e. The highest BCUT2D eigenvalue weighted by molar-refractivity contribution is 7.89.